The summed E-state index contributed by atoms with van der Waals surface area (Å²) in [4.78, 5) is 27.9. The van der Waals surface area contributed by atoms with Crippen molar-refractivity contribution in [2.24, 2.45) is 0 Å². The summed E-state index contributed by atoms with van der Waals surface area (Å²) in [5, 5.41) is 5.92. The van der Waals surface area contributed by atoms with Gasteiger partial charge in [0, 0.05) is 43.6 Å². The summed E-state index contributed by atoms with van der Waals surface area (Å²) < 4.78 is 4.73. The highest BCUT2D eigenvalue weighted by Gasteiger charge is 2.19. The predicted molar refractivity (Wildman–Crippen MR) is 117 cm³/mol. The van der Waals surface area contributed by atoms with Crippen LogP contribution in [0, 0.1) is 0 Å². The molecule has 2 amide bonds. The third-order valence-electron chi connectivity index (χ3n) is 5.31. The predicted octanol–water partition coefficient (Wildman–Crippen LogP) is 3.46. The first-order valence-electron chi connectivity index (χ1n) is 10.7. The molecule has 1 aromatic carbocycles. The Morgan fingerprint density at radius 1 is 1.07 bits per heavy atom. The van der Waals surface area contributed by atoms with E-state index in [-0.39, 0.29) is 18.0 Å². The summed E-state index contributed by atoms with van der Waals surface area (Å²) >= 11 is 0. The second-order valence-corrected chi connectivity index (χ2v) is 7.74. The smallest absolute Gasteiger partial charge is 0.319 e. The molecule has 0 aromatic heterocycles. The number of carbonyl (C=O) groups is 2. The van der Waals surface area contributed by atoms with Gasteiger partial charge >= 0.3 is 12.0 Å². The van der Waals surface area contributed by atoms with Gasteiger partial charge in [-0.2, -0.15) is 0 Å². The maximum Gasteiger partial charge on any atom is 0.319 e. The van der Waals surface area contributed by atoms with Crippen LogP contribution >= 0.6 is 0 Å². The number of rotatable bonds is 10. The van der Waals surface area contributed by atoms with E-state index >= 15 is 0 Å². The lowest BCUT2D eigenvalue weighted by atomic mass is 10.1. The molecule has 1 unspecified atom stereocenters. The molecule has 0 saturated carbocycles. The molecule has 1 aromatic rings. The van der Waals surface area contributed by atoms with E-state index in [2.05, 4.69) is 34.3 Å². The first-order chi connectivity index (χ1) is 14.0. The van der Waals surface area contributed by atoms with Crippen molar-refractivity contribution in [1.82, 2.24) is 10.2 Å². The van der Waals surface area contributed by atoms with Crippen molar-refractivity contribution >= 4 is 23.4 Å². The standard InChI is InChI=1S/C22H36N4O3/c1-4-5-6-7-8-18(2)23-22(28)24-19-9-11-20(12-10-19)26-15-13-25(14-16-26)17-21(27)29-3/h9-12,18H,4-8,13-17H2,1-3H3,(H2,23,24,28). The quantitative estimate of drug-likeness (QED) is 0.461. The van der Waals surface area contributed by atoms with Crippen molar-refractivity contribution < 1.29 is 14.3 Å². The normalized spacial score (nSPS) is 15.6. The molecule has 1 aliphatic rings. The van der Waals surface area contributed by atoms with E-state index in [9.17, 15) is 9.59 Å². The van der Waals surface area contributed by atoms with Crippen LogP contribution in [-0.2, 0) is 9.53 Å². The summed E-state index contributed by atoms with van der Waals surface area (Å²) in [5.74, 6) is -0.192. The third-order valence-corrected chi connectivity index (χ3v) is 5.31. The Bertz CT molecular complexity index is 627. The van der Waals surface area contributed by atoms with Crippen LogP contribution in [0.2, 0.25) is 0 Å². The minimum atomic E-state index is -0.192. The molecule has 1 heterocycles. The van der Waals surface area contributed by atoms with Gasteiger partial charge in [-0.25, -0.2) is 4.79 Å². The van der Waals surface area contributed by atoms with Gasteiger partial charge in [0.1, 0.15) is 0 Å². The Labute approximate surface area is 174 Å². The van der Waals surface area contributed by atoms with Gasteiger partial charge in [0.25, 0.3) is 0 Å². The fourth-order valence-corrected chi connectivity index (χ4v) is 3.51. The zero-order valence-electron chi connectivity index (χ0n) is 18.1. The van der Waals surface area contributed by atoms with Crippen molar-refractivity contribution in [3.8, 4) is 0 Å². The van der Waals surface area contributed by atoms with Crippen LogP contribution in [0.4, 0.5) is 16.2 Å². The Morgan fingerprint density at radius 3 is 2.38 bits per heavy atom. The van der Waals surface area contributed by atoms with Crippen LogP contribution in [0.1, 0.15) is 46.0 Å². The zero-order chi connectivity index (χ0) is 21.1. The lowest BCUT2D eigenvalue weighted by Gasteiger charge is -2.35. The Hall–Kier alpha value is -2.28. The van der Waals surface area contributed by atoms with E-state index in [1.54, 1.807) is 0 Å². The highest BCUT2D eigenvalue weighted by molar-refractivity contribution is 5.89. The molecule has 2 rings (SSSR count). The monoisotopic (exact) mass is 404 g/mol. The summed E-state index contributed by atoms with van der Waals surface area (Å²) in [5.41, 5.74) is 1.91. The molecule has 7 nitrogen and oxygen atoms in total. The number of esters is 1. The molecule has 0 spiro atoms. The second kappa shape index (κ2) is 12.3. The molecule has 0 bridgehead atoms. The average Bonchev–Trinajstić information content (AvgIpc) is 2.72. The van der Waals surface area contributed by atoms with Crippen LogP contribution in [-0.4, -0.2) is 62.8 Å². The van der Waals surface area contributed by atoms with Gasteiger partial charge in [-0.1, -0.05) is 32.6 Å². The van der Waals surface area contributed by atoms with Gasteiger partial charge in [-0.15, -0.1) is 0 Å². The molecular formula is C22H36N4O3. The molecule has 1 fully saturated rings. The Balaban J connectivity index is 1.73. The first-order valence-corrected chi connectivity index (χ1v) is 10.7. The summed E-state index contributed by atoms with van der Waals surface area (Å²) in [7, 11) is 1.42. The minimum Gasteiger partial charge on any atom is -0.468 e. The van der Waals surface area contributed by atoms with Gasteiger partial charge in [-0.3, -0.25) is 9.69 Å². The number of hydrogen-bond donors (Lipinski definition) is 2. The lowest BCUT2D eigenvalue weighted by molar-refractivity contribution is -0.142. The van der Waals surface area contributed by atoms with E-state index in [4.69, 9.17) is 4.74 Å². The van der Waals surface area contributed by atoms with E-state index in [1.807, 2.05) is 24.3 Å². The van der Waals surface area contributed by atoms with Gasteiger partial charge < -0.3 is 20.3 Å². The van der Waals surface area contributed by atoms with Crippen LogP contribution in [0.15, 0.2) is 24.3 Å². The van der Waals surface area contributed by atoms with Crippen molar-refractivity contribution in [2.75, 3.05) is 50.1 Å². The number of hydrogen-bond acceptors (Lipinski definition) is 5. The van der Waals surface area contributed by atoms with Crippen molar-refractivity contribution in [2.45, 2.75) is 52.0 Å². The van der Waals surface area contributed by atoms with Gasteiger partial charge in [0.15, 0.2) is 0 Å². The highest BCUT2D eigenvalue weighted by atomic mass is 16.5. The molecule has 1 aliphatic heterocycles. The molecule has 1 atom stereocenters. The number of methoxy groups -OCH3 is 1. The third kappa shape index (κ3) is 8.31. The van der Waals surface area contributed by atoms with E-state index < -0.39 is 0 Å². The van der Waals surface area contributed by atoms with Crippen molar-refractivity contribution in [3.63, 3.8) is 0 Å². The maximum atomic E-state index is 12.2. The van der Waals surface area contributed by atoms with Crippen LogP contribution in [0.25, 0.3) is 0 Å². The number of piperazine rings is 1. The van der Waals surface area contributed by atoms with Crippen molar-refractivity contribution in [3.05, 3.63) is 24.3 Å². The topological polar surface area (TPSA) is 73.9 Å². The maximum absolute atomic E-state index is 12.2. The SMILES string of the molecule is CCCCCCC(C)NC(=O)Nc1ccc(N2CCN(CC(=O)OC)CC2)cc1. The molecule has 29 heavy (non-hydrogen) atoms. The minimum absolute atomic E-state index is 0.155. The fourth-order valence-electron chi connectivity index (χ4n) is 3.51. The summed E-state index contributed by atoms with van der Waals surface area (Å²) in [6, 6.07) is 7.94. The van der Waals surface area contributed by atoms with Crippen LogP contribution < -0.4 is 15.5 Å². The van der Waals surface area contributed by atoms with E-state index in [0.717, 1.165) is 50.4 Å². The second-order valence-electron chi connectivity index (χ2n) is 7.74. The molecule has 0 aliphatic carbocycles. The van der Waals surface area contributed by atoms with Gasteiger partial charge in [0.2, 0.25) is 0 Å². The molecule has 7 heteroatoms. The summed E-state index contributed by atoms with van der Waals surface area (Å²) in [6.45, 7) is 7.97. The van der Waals surface area contributed by atoms with Gasteiger partial charge in [0.05, 0.1) is 13.7 Å². The Kier molecular flexibility index (Phi) is 9.77. The summed E-state index contributed by atoms with van der Waals surface area (Å²) in [6.07, 6.45) is 5.86. The first kappa shape index (κ1) is 23.0. The fraction of sp³-hybridized carbons (Fsp3) is 0.636. The number of anilines is 2. The number of ether oxygens (including phenoxy) is 1. The molecular weight excluding hydrogens is 368 g/mol. The number of benzene rings is 1. The van der Waals surface area contributed by atoms with Crippen LogP contribution in [0.3, 0.4) is 0 Å². The molecule has 0 radical (unpaired) electrons. The number of unbranched alkanes of at least 4 members (excludes halogenated alkanes) is 3. The zero-order valence-corrected chi connectivity index (χ0v) is 18.1. The molecule has 162 valence electrons. The lowest BCUT2D eigenvalue weighted by Crippen LogP contribution is -2.48. The molecule has 1 saturated heterocycles. The van der Waals surface area contributed by atoms with Crippen LogP contribution in [0.5, 0.6) is 0 Å². The molecule has 2 N–H and O–H groups in total. The average molecular weight is 405 g/mol. The number of amides is 2. The number of nitrogens with zero attached hydrogens (tertiary/aromatic N) is 2. The van der Waals surface area contributed by atoms with Crippen molar-refractivity contribution in [1.29, 1.82) is 0 Å². The highest BCUT2D eigenvalue weighted by Crippen LogP contribution is 2.19. The Morgan fingerprint density at radius 2 is 1.76 bits per heavy atom. The van der Waals surface area contributed by atoms with E-state index in [1.165, 1.54) is 26.4 Å². The number of carbonyl (C=O) groups excluding carboxylic acids is 2. The number of nitrogens with one attached hydrogen (secondary N) is 2. The largest absolute Gasteiger partial charge is 0.468 e. The number of urea groups is 1. The van der Waals surface area contributed by atoms with Gasteiger partial charge in [-0.05, 0) is 37.6 Å². The van der Waals surface area contributed by atoms with E-state index in [0.29, 0.717) is 6.54 Å².